The first-order valence-corrected chi connectivity index (χ1v) is 5.62. The minimum atomic E-state index is -0.593. The number of benzene rings is 1. The van der Waals surface area contributed by atoms with Crippen molar-refractivity contribution in [1.29, 1.82) is 0 Å². The Balaban J connectivity index is 2.95. The number of hydrogen-bond donors (Lipinski definition) is 2. The summed E-state index contributed by atoms with van der Waals surface area (Å²) in [5.41, 5.74) is 8.50. The van der Waals surface area contributed by atoms with E-state index in [-0.39, 0.29) is 5.92 Å². The van der Waals surface area contributed by atoms with Crippen molar-refractivity contribution in [2.24, 2.45) is 5.92 Å². The summed E-state index contributed by atoms with van der Waals surface area (Å²) in [5.74, 6) is 5.90. The topological polar surface area (TPSA) is 46.2 Å². The number of aliphatic hydroxyl groups is 1. The van der Waals surface area contributed by atoms with E-state index in [0.717, 1.165) is 12.0 Å². The van der Waals surface area contributed by atoms with E-state index in [2.05, 4.69) is 18.8 Å². The maximum atomic E-state index is 9.59. The fourth-order valence-electron chi connectivity index (χ4n) is 1.25. The molecule has 1 aromatic rings. The summed E-state index contributed by atoms with van der Waals surface area (Å²) in [6.07, 6.45) is 0.367. The SMILES string of the molecule is CCc1ccc(N)c(C#CC(O)C(C)C)c1. The van der Waals surface area contributed by atoms with Gasteiger partial charge in [0.25, 0.3) is 0 Å². The van der Waals surface area contributed by atoms with Gasteiger partial charge in [-0.15, -0.1) is 0 Å². The minimum absolute atomic E-state index is 0.142. The molecule has 3 N–H and O–H groups in total. The molecule has 2 nitrogen and oxygen atoms in total. The first kappa shape index (κ1) is 12.6. The molecule has 1 unspecified atom stereocenters. The molecule has 0 heterocycles. The lowest BCUT2D eigenvalue weighted by Gasteiger charge is -2.06. The standard InChI is InChI=1S/C14H19NO/c1-4-11-5-7-13(15)12(9-11)6-8-14(16)10(2)3/h5,7,9-10,14,16H,4,15H2,1-3H3. The van der Waals surface area contributed by atoms with Crippen molar-refractivity contribution in [2.45, 2.75) is 33.3 Å². The van der Waals surface area contributed by atoms with Gasteiger partial charge in [-0.2, -0.15) is 0 Å². The van der Waals surface area contributed by atoms with Gasteiger partial charge >= 0.3 is 0 Å². The molecule has 0 saturated heterocycles. The third-order valence-electron chi connectivity index (χ3n) is 2.51. The largest absolute Gasteiger partial charge is 0.398 e. The Morgan fingerprint density at radius 2 is 2.06 bits per heavy atom. The lowest BCUT2D eigenvalue weighted by atomic mass is 10.0. The molecular weight excluding hydrogens is 198 g/mol. The van der Waals surface area contributed by atoms with Crippen LogP contribution in [0.3, 0.4) is 0 Å². The molecule has 2 heteroatoms. The van der Waals surface area contributed by atoms with Gasteiger partial charge < -0.3 is 10.8 Å². The zero-order chi connectivity index (χ0) is 12.1. The molecule has 1 rings (SSSR count). The van der Waals surface area contributed by atoms with E-state index < -0.39 is 6.10 Å². The number of hydrogen-bond acceptors (Lipinski definition) is 2. The lowest BCUT2D eigenvalue weighted by Crippen LogP contribution is -2.11. The Hall–Kier alpha value is -1.46. The average Bonchev–Trinajstić information content (AvgIpc) is 2.27. The molecule has 1 aromatic carbocycles. The van der Waals surface area contributed by atoms with E-state index in [0.29, 0.717) is 5.69 Å². The monoisotopic (exact) mass is 217 g/mol. The second kappa shape index (κ2) is 5.58. The second-order valence-corrected chi connectivity index (χ2v) is 4.23. The average molecular weight is 217 g/mol. The molecule has 0 aliphatic heterocycles. The van der Waals surface area contributed by atoms with E-state index in [1.54, 1.807) is 0 Å². The Kier molecular flexibility index (Phi) is 4.39. The van der Waals surface area contributed by atoms with E-state index in [1.165, 1.54) is 5.56 Å². The fourth-order valence-corrected chi connectivity index (χ4v) is 1.25. The van der Waals surface area contributed by atoms with Gasteiger partial charge in [-0.3, -0.25) is 0 Å². The van der Waals surface area contributed by atoms with Gasteiger partial charge in [-0.05, 0) is 30.0 Å². The highest BCUT2D eigenvalue weighted by atomic mass is 16.3. The van der Waals surface area contributed by atoms with Gasteiger partial charge in [0.05, 0.1) is 0 Å². The van der Waals surface area contributed by atoms with Crippen LogP contribution in [-0.2, 0) is 6.42 Å². The Morgan fingerprint density at radius 3 is 2.62 bits per heavy atom. The molecule has 0 aliphatic carbocycles. The molecular formula is C14H19NO. The molecule has 0 aliphatic rings. The zero-order valence-corrected chi connectivity index (χ0v) is 10.1. The van der Waals surface area contributed by atoms with Crippen molar-refractivity contribution < 1.29 is 5.11 Å². The van der Waals surface area contributed by atoms with Crippen LogP contribution in [0.25, 0.3) is 0 Å². The van der Waals surface area contributed by atoms with Gasteiger partial charge in [0.15, 0.2) is 0 Å². The molecule has 0 bridgehead atoms. The summed E-state index contributed by atoms with van der Waals surface area (Å²) in [6, 6.07) is 5.85. The van der Waals surface area contributed by atoms with Crippen LogP contribution in [-0.4, -0.2) is 11.2 Å². The highest BCUT2D eigenvalue weighted by Gasteiger charge is 2.04. The van der Waals surface area contributed by atoms with Crippen molar-refractivity contribution in [3.05, 3.63) is 29.3 Å². The van der Waals surface area contributed by atoms with Gasteiger partial charge in [0, 0.05) is 11.3 Å². The fraction of sp³-hybridized carbons (Fsp3) is 0.429. The maximum Gasteiger partial charge on any atom is 0.117 e. The molecule has 16 heavy (non-hydrogen) atoms. The van der Waals surface area contributed by atoms with Gasteiger partial charge in [-0.1, -0.05) is 38.7 Å². The van der Waals surface area contributed by atoms with Crippen LogP contribution in [0.5, 0.6) is 0 Å². The highest BCUT2D eigenvalue weighted by molar-refractivity contribution is 5.57. The summed E-state index contributed by atoms with van der Waals surface area (Å²) >= 11 is 0. The number of rotatable bonds is 2. The summed E-state index contributed by atoms with van der Waals surface area (Å²) in [5, 5.41) is 9.59. The number of anilines is 1. The van der Waals surface area contributed by atoms with E-state index in [1.807, 2.05) is 32.0 Å². The van der Waals surface area contributed by atoms with Crippen LogP contribution >= 0.6 is 0 Å². The van der Waals surface area contributed by atoms with Crippen LogP contribution in [0, 0.1) is 17.8 Å². The van der Waals surface area contributed by atoms with Crippen molar-refractivity contribution >= 4 is 5.69 Å². The number of nitrogen functional groups attached to an aromatic ring is 1. The van der Waals surface area contributed by atoms with Crippen molar-refractivity contribution in [3.8, 4) is 11.8 Å². The van der Waals surface area contributed by atoms with Crippen molar-refractivity contribution in [1.82, 2.24) is 0 Å². The van der Waals surface area contributed by atoms with Crippen LogP contribution in [0.1, 0.15) is 31.9 Å². The molecule has 0 amide bonds. The van der Waals surface area contributed by atoms with Crippen molar-refractivity contribution in [3.63, 3.8) is 0 Å². The van der Waals surface area contributed by atoms with Crippen molar-refractivity contribution in [2.75, 3.05) is 5.73 Å². The van der Waals surface area contributed by atoms with Crippen LogP contribution in [0.15, 0.2) is 18.2 Å². The summed E-state index contributed by atoms with van der Waals surface area (Å²) in [7, 11) is 0. The first-order valence-electron chi connectivity index (χ1n) is 5.62. The van der Waals surface area contributed by atoms with Crippen LogP contribution < -0.4 is 5.73 Å². The molecule has 0 fully saturated rings. The molecule has 0 spiro atoms. The molecule has 0 saturated carbocycles. The molecule has 86 valence electrons. The summed E-state index contributed by atoms with van der Waals surface area (Å²) < 4.78 is 0. The third-order valence-corrected chi connectivity index (χ3v) is 2.51. The second-order valence-electron chi connectivity index (χ2n) is 4.23. The van der Waals surface area contributed by atoms with E-state index >= 15 is 0 Å². The van der Waals surface area contributed by atoms with Crippen LogP contribution in [0.2, 0.25) is 0 Å². The predicted molar refractivity (Wildman–Crippen MR) is 68.0 cm³/mol. The third kappa shape index (κ3) is 3.29. The van der Waals surface area contributed by atoms with E-state index in [4.69, 9.17) is 5.73 Å². The normalized spacial score (nSPS) is 12.1. The molecule has 0 aromatic heterocycles. The Morgan fingerprint density at radius 1 is 1.38 bits per heavy atom. The number of aryl methyl sites for hydroxylation is 1. The quantitative estimate of drug-likeness (QED) is 0.589. The Bertz CT molecular complexity index is 412. The van der Waals surface area contributed by atoms with Gasteiger partial charge in [0.1, 0.15) is 6.10 Å². The minimum Gasteiger partial charge on any atom is -0.398 e. The van der Waals surface area contributed by atoms with Gasteiger partial charge in [-0.25, -0.2) is 0 Å². The number of aliphatic hydroxyl groups excluding tert-OH is 1. The summed E-state index contributed by atoms with van der Waals surface area (Å²) in [6.45, 7) is 5.96. The molecule has 0 radical (unpaired) electrons. The smallest absolute Gasteiger partial charge is 0.117 e. The lowest BCUT2D eigenvalue weighted by molar-refractivity contribution is 0.181. The summed E-state index contributed by atoms with van der Waals surface area (Å²) in [4.78, 5) is 0. The molecule has 1 atom stereocenters. The zero-order valence-electron chi connectivity index (χ0n) is 10.1. The predicted octanol–water partition coefficient (Wildman–Crippen LogP) is 2.20. The van der Waals surface area contributed by atoms with Gasteiger partial charge in [0.2, 0.25) is 0 Å². The van der Waals surface area contributed by atoms with Crippen LogP contribution in [0.4, 0.5) is 5.69 Å². The highest BCUT2D eigenvalue weighted by Crippen LogP contribution is 2.13. The Labute approximate surface area is 97.5 Å². The maximum absolute atomic E-state index is 9.59. The number of nitrogens with two attached hydrogens (primary N) is 1. The first-order chi connectivity index (χ1) is 7.54. The van der Waals surface area contributed by atoms with E-state index in [9.17, 15) is 5.11 Å².